The molecule has 0 bridgehead atoms. The van der Waals surface area contributed by atoms with Crippen LogP contribution in [-0.2, 0) is 0 Å². The maximum atomic E-state index is 10.5. The molecule has 0 saturated carbocycles. The summed E-state index contributed by atoms with van der Waals surface area (Å²) < 4.78 is 0. The van der Waals surface area contributed by atoms with Crippen molar-refractivity contribution in [2.75, 3.05) is 0 Å². The van der Waals surface area contributed by atoms with Gasteiger partial charge in [0, 0.05) is 6.07 Å². The fourth-order valence-electron chi connectivity index (χ4n) is 0.968. The number of rotatable bonds is 2. The predicted octanol–water partition coefficient (Wildman–Crippen LogP) is 1.34. The number of hydrogen-bond acceptors (Lipinski definition) is 4. The molecule has 6 nitrogen and oxygen atoms in total. The zero-order valence-electron chi connectivity index (χ0n) is 6.85. The van der Waals surface area contributed by atoms with E-state index in [4.69, 9.17) is 22.5 Å². The highest BCUT2D eigenvalue weighted by atomic mass is 35.5. The number of nitro benzene ring substituents is 1. The van der Waals surface area contributed by atoms with Gasteiger partial charge in [0.25, 0.3) is 5.69 Å². The SMILES string of the molecule is NC(=NO)c1c(Cl)cccc1[N+](=O)[O-]. The van der Waals surface area contributed by atoms with Crippen LogP contribution in [0.1, 0.15) is 5.56 Å². The first-order valence-corrected chi connectivity index (χ1v) is 3.86. The normalized spacial score (nSPS) is 11.4. The Bertz CT molecular complexity index is 405. The Morgan fingerprint density at radius 2 is 2.29 bits per heavy atom. The van der Waals surface area contributed by atoms with Gasteiger partial charge in [-0.15, -0.1) is 0 Å². The lowest BCUT2D eigenvalue weighted by molar-refractivity contribution is -0.385. The van der Waals surface area contributed by atoms with E-state index < -0.39 is 4.92 Å². The molecule has 0 spiro atoms. The number of nitro groups is 1. The van der Waals surface area contributed by atoms with Gasteiger partial charge in [0.2, 0.25) is 0 Å². The van der Waals surface area contributed by atoms with Crippen LogP contribution in [0.3, 0.4) is 0 Å². The molecule has 0 radical (unpaired) electrons. The van der Waals surface area contributed by atoms with Crippen LogP contribution in [0, 0.1) is 10.1 Å². The monoisotopic (exact) mass is 215 g/mol. The Hall–Kier alpha value is -1.82. The molecular weight excluding hydrogens is 210 g/mol. The van der Waals surface area contributed by atoms with Gasteiger partial charge in [-0.2, -0.15) is 0 Å². The van der Waals surface area contributed by atoms with Crippen molar-refractivity contribution < 1.29 is 10.1 Å². The number of nitrogens with two attached hydrogens (primary N) is 1. The second-order valence-corrected chi connectivity index (χ2v) is 2.78. The third-order valence-electron chi connectivity index (χ3n) is 1.55. The highest BCUT2D eigenvalue weighted by Gasteiger charge is 2.19. The molecular formula is C7H6ClN3O3. The van der Waals surface area contributed by atoms with Crippen molar-refractivity contribution in [2.45, 2.75) is 0 Å². The van der Waals surface area contributed by atoms with Crippen molar-refractivity contribution >= 4 is 23.1 Å². The van der Waals surface area contributed by atoms with Gasteiger partial charge in [0.05, 0.1) is 9.95 Å². The molecule has 14 heavy (non-hydrogen) atoms. The predicted molar refractivity (Wildman–Crippen MR) is 50.6 cm³/mol. The molecule has 0 aliphatic rings. The third kappa shape index (κ3) is 1.74. The maximum Gasteiger partial charge on any atom is 0.281 e. The van der Waals surface area contributed by atoms with E-state index in [1.54, 1.807) is 0 Å². The van der Waals surface area contributed by atoms with Crippen molar-refractivity contribution in [1.82, 2.24) is 0 Å². The van der Waals surface area contributed by atoms with Gasteiger partial charge in [-0.05, 0) is 6.07 Å². The van der Waals surface area contributed by atoms with E-state index in [1.165, 1.54) is 18.2 Å². The van der Waals surface area contributed by atoms with Crippen molar-refractivity contribution in [3.63, 3.8) is 0 Å². The number of oxime groups is 1. The summed E-state index contributed by atoms with van der Waals surface area (Å²) in [5, 5.41) is 21.7. The maximum absolute atomic E-state index is 10.5. The summed E-state index contributed by atoms with van der Waals surface area (Å²) in [7, 11) is 0. The molecule has 0 amide bonds. The van der Waals surface area contributed by atoms with Gasteiger partial charge >= 0.3 is 0 Å². The van der Waals surface area contributed by atoms with Gasteiger partial charge in [-0.25, -0.2) is 0 Å². The van der Waals surface area contributed by atoms with E-state index in [9.17, 15) is 10.1 Å². The lowest BCUT2D eigenvalue weighted by atomic mass is 10.1. The first-order chi connectivity index (χ1) is 6.57. The summed E-state index contributed by atoms with van der Waals surface area (Å²) >= 11 is 5.67. The summed E-state index contributed by atoms with van der Waals surface area (Å²) in [5.74, 6) is -0.387. The van der Waals surface area contributed by atoms with Crippen LogP contribution in [0.4, 0.5) is 5.69 Å². The van der Waals surface area contributed by atoms with Crippen LogP contribution in [0.25, 0.3) is 0 Å². The fraction of sp³-hybridized carbons (Fsp3) is 0. The molecule has 0 saturated heterocycles. The fourth-order valence-corrected chi connectivity index (χ4v) is 1.23. The highest BCUT2D eigenvalue weighted by Crippen LogP contribution is 2.25. The minimum absolute atomic E-state index is 0.0644. The quantitative estimate of drug-likeness (QED) is 0.256. The van der Waals surface area contributed by atoms with Gasteiger partial charge < -0.3 is 10.9 Å². The lowest BCUT2D eigenvalue weighted by Crippen LogP contribution is -2.15. The molecule has 0 fully saturated rings. The van der Waals surface area contributed by atoms with Gasteiger partial charge in [-0.3, -0.25) is 10.1 Å². The van der Waals surface area contributed by atoms with E-state index in [2.05, 4.69) is 5.16 Å². The molecule has 0 heterocycles. The molecule has 3 N–H and O–H groups in total. The van der Waals surface area contributed by atoms with Crippen LogP contribution < -0.4 is 5.73 Å². The van der Waals surface area contributed by atoms with Crippen LogP contribution in [0.2, 0.25) is 5.02 Å². The molecule has 0 aliphatic heterocycles. The Morgan fingerprint density at radius 1 is 1.64 bits per heavy atom. The molecule has 0 aliphatic carbocycles. The van der Waals surface area contributed by atoms with Gasteiger partial charge in [0.15, 0.2) is 5.84 Å². The number of nitrogens with zero attached hydrogens (tertiary/aromatic N) is 2. The van der Waals surface area contributed by atoms with Crippen molar-refractivity contribution in [1.29, 1.82) is 0 Å². The summed E-state index contributed by atoms with van der Waals surface area (Å²) in [6, 6.07) is 4.05. The Morgan fingerprint density at radius 3 is 2.79 bits per heavy atom. The van der Waals surface area contributed by atoms with Crippen molar-refractivity contribution in [3.05, 3.63) is 38.9 Å². The molecule has 0 unspecified atom stereocenters. The Kier molecular flexibility index (Phi) is 2.88. The largest absolute Gasteiger partial charge is 0.409 e. The van der Waals surface area contributed by atoms with Gasteiger partial charge in [-0.1, -0.05) is 22.8 Å². The minimum atomic E-state index is -0.654. The summed E-state index contributed by atoms with van der Waals surface area (Å²) in [6.07, 6.45) is 0. The topological polar surface area (TPSA) is 102 Å². The van der Waals surface area contributed by atoms with Crippen molar-refractivity contribution in [3.8, 4) is 0 Å². The summed E-state index contributed by atoms with van der Waals surface area (Å²) in [5.41, 5.74) is 4.86. The highest BCUT2D eigenvalue weighted by molar-refractivity contribution is 6.34. The molecule has 0 aromatic heterocycles. The van der Waals surface area contributed by atoms with E-state index >= 15 is 0 Å². The first kappa shape index (κ1) is 10.3. The zero-order chi connectivity index (χ0) is 10.7. The summed E-state index contributed by atoms with van der Waals surface area (Å²) in [4.78, 5) is 9.90. The molecule has 1 rings (SSSR count). The number of amidine groups is 1. The number of benzene rings is 1. The van der Waals surface area contributed by atoms with Crippen molar-refractivity contribution in [2.24, 2.45) is 10.9 Å². The molecule has 74 valence electrons. The third-order valence-corrected chi connectivity index (χ3v) is 1.87. The number of halogens is 1. The molecule has 1 aromatic carbocycles. The minimum Gasteiger partial charge on any atom is -0.409 e. The van der Waals surface area contributed by atoms with Gasteiger partial charge in [0.1, 0.15) is 5.56 Å². The van der Waals surface area contributed by atoms with E-state index in [-0.39, 0.29) is 22.1 Å². The Balaban J connectivity index is 3.45. The van der Waals surface area contributed by atoms with Crippen LogP contribution in [-0.4, -0.2) is 16.0 Å². The first-order valence-electron chi connectivity index (χ1n) is 3.48. The van der Waals surface area contributed by atoms with Crippen LogP contribution in [0.15, 0.2) is 23.4 Å². The van der Waals surface area contributed by atoms with Crippen LogP contribution in [0.5, 0.6) is 0 Å². The van der Waals surface area contributed by atoms with E-state index in [1.807, 2.05) is 0 Å². The molecule has 0 atom stereocenters. The molecule has 1 aromatic rings. The lowest BCUT2D eigenvalue weighted by Gasteiger charge is -2.02. The zero-order valence-corrected chi connectivity index (χ0v) is 7.60. The Labute approximate surface area is 83.7 Å². The smallest absolute Gasteiger partial charge is 0.281 e. The average molecular weight is 216 g/mol. The molecule has 7 heteroatoms. The van der Waals surface area contributed by atoms with E-state index in [0.29, 0.717) is 0 Å². The average Bonchev–Trinajstić information content (AvgIpc) is 2.16. The second kappa shape index (κ2) is 3.93. The number of hydrogen-bond donors (Lipinski definition) is 2. The summed E-state index contributed by atoms with van der Waals surface area (Å²) in [6.45, 7) is 0. The van der Waals surface area contributed by atoms with Crippen LogP contribution >= 0.6 is 11.6 Å². The van der Waals surface area contributed by atoms with E-state index in [0.717, 1.165) is 0 Å². The standard InChI is InChI=1S/C7H6ClN3O3/c8-4-2-1-3-5(11(13)14)6(4)7(9)10-12/h1-3,12H,(H2,9,10). The second-order valence-electron chi connectivity index (χ2n) is 2.38.